The second kappa shape index (κ2) is 10.4. The number of rotatable bonds is 7. The third kappa shape index (κ3) is 4.45. The van der Waals surface area contributed by atoms with E-state index in [2.05, 4.69) is 76.4 Å². The molecule has 3 aromatic carbocycles. The lowest BCUT2D eigenvalue weighted by molar-refractivity contribution is -0.688. The van der Waals surface area contributed by atoms with E-state index in [-0.39, 0.29) is 28.8 Å². The Kier molecular flexibility index (Phi) is 7.32. The average Bonchev–Trinajstić information content (AvgIpc) is 3.52. The molecule has 0 aliphatic heterocycles. The van der Waals surface area contributed by atoms with Gasteiger partial charge in [-0.05, 0) is 41.9 Å². The number of hydrogen-bond donors (Lipinski definition) is 1. The number of halogens is 1. The molecule has 0 bridgehead atoms. The van der Waals surface area contributed by atoms with Gasteiger partial charge in [0, 0.05) is 0 Å². The highest BCUT2D eigenvalue weighted by Gasteiger charge is 2.50. The maximum Gasteiger partial charge on any atom is 0.244 e. The molecule has 1 saturated carbocycles. The Balaban J connectivity index is 0.00000274. The average molecular weight is 516 g/mol. The summed E-state index contributed by atoms with van der Waals surface area (Å²) in [6.07, 6.45) is 9.38. The van der Waals surface area contributed by atoms with Crippen LogP contribution in [0.15, 0.2) is 110 Å². The minimum atomic E-state index is -0.829. The number of carbonyl (C=O) groups is 1. The van der Waals surface area contributed by atoms with Crippen molar-refractivity contribution in [3.05, 3.63) is 126 Å². The van der Waals surface area contributed by atoms with Crippen molar-refractivity contribution in [2.75, 3.05) is 0 Å². The molecule has 174 valence electrons. The smallest absolute Gasteiger partial charge is 0.244 e. The van der Waals surface area contributed by atoms with Crippen LogP contribution in [0.2, 0.25) is 0 Å². The summed E-state index contributed by atoms with van der Waals surface area (Å²) in [4.78, 5) is 13.3. The summed E-state index contributed by atoms with van der Waals surface area (Å²) in [5, 5.41) is 0. The van der Waals surface area contributed by atoms with Crippen molar-refractivity contribution in [3.8, 4) is 0 Å². The van der Waals surface area contributed by atoms with E-state index < -0.39 is 5.41 Å². The molecule has 4 nitrogen and oxygen atoms in total. The van der Waals surface area contributed by atoms with Crippen LogP contribution < -0.4 is 27.3 Å². The molecule has 1 aromatic heterocycles. The minimum absolute atomic E-state index is 0. The number of nitrogens with zero attached hydrogens (tertiary/aromatic N) is 2. The topological polar surface area (TPSA) is 51.9 Å². The Labute approximate surface area is 211 Å². The largest absolute Gasteiger partial charge is 1.00 e. The van der Waals surface area contributed by atoms with Gasteiger partial charge in [-0.15, -0.1) is 0 Å². The zero-order valence-corrected chi connectivity index (χ0v) is 20.7. The fourth-order valence-electron chi connectivity index (χ4n) is 5.66. The van der Waals surface area contributed by atoms with E-state index in [4.69, 9.17) is 5.73 Å². The van der Waals surface area contributed by atoms with Gasteiger partial charge in [-0.2, -0.15) is 0 Å². The zero-order chi connectivity index (χ0) is 22.7. The Bertz CT molecular complexity index is 1170. The molecule has 5 heteroatoms. The highest BCUT2D eigenvalue weighted by atomic mass is 79.9. The molecule has 0 unspecified atom stereocenters. The predicted molar refractivity (Wildman–Crippen MR) is 129 cm³/mol. The van der Waals surface area contributed by atoms with Gasteiger partial charge in [0.1, 0.15) is 30.4 Å². The first-order valence-corrected chi connectivity index (χ1v) is 11.7. The zero-order valence-electron chi connectivity index (χ0n) is 19.1. The highest BCUT2D eigenvalue weighted by Crippen LogP contribution is 2.49. The monoisotopic (exact) mass is 515 g/mol. The van der Waals surface area contributed by atoms with Crippen molar-refractivity contribution < 1.29 is 26.3 Å². The lowest BCUT2D eigenvalue weighted by Crippen LogP contribution is -3.00. The number of aromatic nitrogens is 2. The summed E-state index contributed by atoms with van der Waals surface area (Å²) >= 11 is 0. The summed E-state index contributed by atoms with van der Waals surface area (Å²) in [6, 6.07) is 31.0. The van der Waals surface area contributed by atoms with Crippen LogP contribution in [-0.2, 0) is 16.8 Å². The summed E-state index contributed by atoms with van der Waals surface area (Å²) in [5.41, 5.74) is 8.67. The van der Waals surface area contributed by atoms with Gasteiger partial charge < -0.3 is 22.7 Å². The minimum Gasteiger partial charge on any atom is -1.00 e. The van der Waals surface area contributed by atoms with Gasteiger partial charge >= 0.3 is 0 Å². The molecular weight excluding hydrogens is 486 g/mol. The molecule has 0 saturated heterocycles. The number of imidazole rings is 1. The Hall–Kier alpha value is -3.18. The normalized spacial score (nSPS) is 17.8. The maximum atomic E-state index is 13.3. The van der Waals surface area contributed by atoms with E-state index in [1.165, 1.54) is 5.56 Å². The van der Waals surface area contributed by atoms with Crippen LogP contribution in [0.5, 0.6) is 0 Å². The predicted octanol–water partition coefficient (Wildman–Crippen LogP) is 1.64. The first-order chi connectivity index (χ1) is 16.2. The van der Waals surface area contributed by atoms with Crippen LogP contribution in [0, 0.1) is 5.92 Å². The van der Waals surface area contributed by atoms with Crippen molar-refractivity contribution in [2.24, 2.45) is 11.7 Å². The molecule has 1 aliphatic rings. The molecule has 2 N–H and O–H groups in total. The molecule has 1 fully saturated rings. The van der Waals surface area contributed by atoms with E-state index >= 15 is 0 Å². The molecule has 1 amide bonds. The number of primary amides is 1. The Morgan fingerprint density at radius 1 is 0.882 bits per heavy atom. The van der Waals surface area contributed by atoms with Crippen molar-refractivity contribution in [3.63, 3.8) is 0 Å². The molecule has 5 rings (SSSR count). The summed E-state index contributed by atoms with van der Waals surface area (Å²) < 4.78 is 4.53. The fraction of sp³-hybridized carbons (Fsp3) is 0.241. The highest BCUT2D eigenvalue weighted by molar-refractivity contribution is 5.91. The number of nitrogens with two attached hydrogens (primary N) is 1. The molecular formula is C29H30BrN3O. The van der Waals surface area contributed by atoms with Crippen molar-refractivity contribution in [1.82, 2.24) is 4.57 Å². The van der Waals surface area contributed by atoms with Crippen LogP contribution in [0.1, 0.15) is 42.0 Å². The van der Waals surface area contributed by atoms with Gasteiger partial charge in [0.15, 0.2) is 0 Å². The molecule has 2 atom stereocenters. The Morgan fingerprint density at radius 3 is 2.00 bits per heavy atom. The molecule has 0 spiro atoms. The number of benzene rings is 3. The van der Waals surface area contributed by atoms with Gasteiger partial charge in [-0.1, -0.05) is 91.0 Å². The lowest BCUT2D eigenvalue weighted by Gasteiger charge is -2.37. The summed E-state index contributed by atoms with van der Waals surface area (Å²) in [7, 11) is 0. The lowest BCUT2D eigenvalue weighted by atomic mass is 9.64. The number of amides is 1. The van der Waals surface area contributed by atoms with E-state index in [1.54, 1.807) is 0 Å². The van der Waals surface area contributed by atoms with Crippen LogP contribution in [0.4, 0.5) is 0 Å². The summed E-state index contributed by atoms with van der Waals surface area (Å²) in [6.45, 7) is 0.850. The molecule has 4 aromatic rings. The van der Waals surface area contributed by atoms with Crippen molar-refractivity contribution >= 4 is 5.91 Å². The van der Waals surface area contributed by atoms with E-state index in [1.807, 2.05) is 42.5 Å². The van der Waals surface area contributed by atoms with Gasteiger partial charge in [0.2, 0.25) is 12.2 Å². The number of carbonyl (C=O) groups excluding carboxylic acids is 1. The van der Waals surface area contributed by atoms with Crippen LogP contribution >= 0.6 is 0 Å². The van der Waals surface area contributed by atoms with Crippen LogP contribution in [-0.4, -0.2) is 10.5 Å². The second-order valence-corrected chi connectivity index (χ2v) is 9.09. The number of hydrogen-bond acceptors (Lipinski definition) is 1. The first-order valence-electron chi connectivity index (χ1n) is 11.7. The van der Waals surface area contributed by atoms with E-state index in [0.717, 1.165) is 36.9 Å². The van der Waals surface area contributed by atoms with Gasteiger partial charge in [0.25, 0.3) is 0 Å². The van der Waals surface area contributed by atoms with E-state index in [0.29, 0.717) is 6.04 Å². The standard InChI is InChI=1S/C29H29N3O.BrH/c30-28(33)29(24-12-6-2-7-13-24,25-14-8-3-9-15-25)26-16-17-27(20-26)32-19-18-31(22-32)21-23-10-4-1-5-11-23;/h1-15,18-19,22,26-27H,16-17,20-21H2,(H-,30,33);1H/t26-,27-;/m1./s1. The van der Waals surface area contributed by atoms with E-state index in [9.17, 15) is 4.79 Å². The van der Waals surface area contributed by atoms with Gasteiger partial charge in [0.05, 0.1) is 0 Å². The van der Waals surface area contributed by atoms with Gasteiger partial charge in [-0.3, -0.25) is 4.79 Å². The molecule has 1 aliphatic carbocycles. The first kappa shape index (κ1) is 24.0. The van der Waals surface area contributed by atoms with Crippen molar-refractivity contribution in [2.45, 2.75) is 37.3 Å². The fourth-order valence-corrected chi connectivity index (χ4v) is 5.66. The van der Waals surface area contributed by atoms with Gasteiger partial charge in [-0.25, -0.2) is 9.13 Å². The molecule has 34 heavy (non-hydrogen) atoms. The third-order valence-electron chi connectivity index (χ3n) is 7.21. The Morgan fingerprint density at radius 2 is 1.44 bits per heavy atom. The third-order valence-corrected chi connectivity index (χ3v) is 7.21. The van der Waals surface area contributed by atoms with Crippen LogP contribution in [0.25, 0.3) is 0 Å². The molecule has 1 heterocycles. The summed E-state index contributed by atoms with van der Waals surface area (Å²) in [5.74, 6) is -0.132. The van der Waals surface area contributed by atoms with Crippen LogP contribution in [0.3, 0.4) is 0 Å². The second-order valence-electron chi connectivity index (χ2n) is 9.09. The quantitative estimate of drug-likeness (QED) is 0.374. The SMILES string of the molecule is NC(=O)C(c1ccccc1)(c1ccccc1)[C@@H]1CC[C@@H](n2cc[n+](Cc3ccccc3)c2)C1.[Br-]. The maximum absolute atomic E-state index is 13.3. The molecule has 0 radical (unpaired) electrons. The van der Waals surface area contributed by atoms with Crippen molar-refractivity contribution in [1.29, 1.82) is 0 Å².